The van der Waals surface area contributed by atoms with Gasteiger partial charge in [0.05, 0.1) is 31.8 Å². The Labute approximate surface area is 199 Å². The molecule has 3 aliphatic rings. The van der Waals surface area contributed by atoms with E-state index in [1.54, 1.807) is 0 Å². The zero-order valence-electron chi connectivity index (χ0n) is 21.4. The monoisotopic (exact) mass is 468 g/mol. The van der Waals surface area contributed by atoms with Crippen LogP contribution in [-0.2, 0) is 28.5 Å². The van der Waals surface area contributed by atoms with E-state index in [4.69, 9.17) is 18.9 Å². The third-order valence-corrected chi connectivity index (χ3v) is 6.84. The molecule has 0 spiro atoms. The lowest BCUT2D eigenvalue weighted by Crippen LogP contribution is -2.74. The van der Waals surface area contributed by atoms with Gasteiger partial charge in [-0.3, -0.25) is 9.69 Å². The van der Waals surface area contributed by atoms with Gasteiger partial charge < -0.3 is 18.9 Å². The van der Waals surface area contributed by atoms with Crippen LogP contribution in [0.3, 0.4) is 0 Å². The molecule has 0 radical (unpaired) electrons. The van der Waals surface area contributed by atoms with Crippen LogP contribution >= 0.6 is 0 Å². The molecule has 3 fully saturated rings. The molecule has 33 heavy (non-hydrogen) atoms. The average Bonchev–Trinajstić information content (AvgIpc) is 3.27. The van der Waals surface area contributed by atoms with Gasteiger partial charge in [-0.1, -0.05) is 0 Å². The van der Waals surface area contributed by atoms with Crippen molar-refractivity contribution >= 4 is 11.9 Å². The van der Waals surface area contributed by atoms with Crippen LogP contribution in [0.4, 0.5) is 0 Å². The smallest absolute Gasteiger partial charge is 0.371 e. The summed E-state index contributed by atoms with van der Waals surface area (Å²) in [4.78, 5) is 30.6. The summed E-state index contributed by atoms with van der Waals surface area (Å²) in [7, 11) is 0. The Morgan fingerprint density at radius 1 is 0.970 bits per heavy atom. The van der Waals surface area contributed by atoms with E-state index in [9.17, 15) is 9.59 Å². The molecule has 3 atom stereocenters. The maximum absolute atomic E-state index is 14.0. The summed E-state index contributed by atoms with van der Waals surface area (Å²) in [5.41, 5.74) is -0.633. The summed E-state index contributed by atoms with van der Waals surface area (Å²) in [6.07, 6.45) is 4.77. The molecule has 190 valence electrons. The van der Waals surface area contributed by atoms with Crippen LogP contribution < -0.4 is 0 Å². The minimum atomic E-state index is -1.30. The zero-order chi connectivity index (χ0) is 24.2. The maximum atomic E-state index is 14.0. The van der Waals surface area contributed by atoms with Gasteiger partial charge in [0.1, 0.15) is 5.60 Å². The van der Waals surface area contributed by atoms with Gasteiger partial charge in [-0.15, -0.1) is 0 Å². The van der Waals surface area contributed by atoms with Crippen molar-refractivity contribution in [1.82, 2.24) is 9.80 Å². The predicted molar refractivity (Wildman–Crippen MR) is 124 cm³/mol. The molecule has 8 nitrogen and oxygen atoms in total. The number of esters is 2. The fourth-order valence-electron chi connectivity index (χ4n) is 5.46. The van der Waals surface area contributed by atoms with Gasteiger partial charge in [-0.05, 0) is 80.1 Å². The average molecular weight is 469 g/mol. The number of hydrogen-bond donors (Lipinski definition) is 0. The van der Waals surface area contributed by atoms with Crippen LogP contribution in [0.25, 0.3) is 0 Å². The van der Waals surface area contributed by atoms with E-state index in [0.29, 0.717) is 32.7 Å². The second-order valence-electron chi connectivity index (χ2n) is 10.8. The molecule has 0 aromatic rings. The summed E-state index contributed by atoms with van der Waals surface area (Å²) in [5, 5.41) is 0. The molecule has 2 heterocycles. The number of ether oxygens (including phenoxy) is 4. The Hall–Kier alpha value is -1.22. The normalized spacial score (nSPS) is 31.7. The third kappa shape index (κ3) is 6.08. The molecule has 1 saturated carbocycles. The highest BCUT2D eigenvalue weighted by Gasteiger charge is 2.58. The summed E-state index contributed by atoms with van der Waals surface area (Å²) >= 11 is 0. The van der Waals surface area contributed by atoms with Crippen LogP contribution in [0.5, 0.6) is 0 Å². The summed E-state index contributed by atoms with van der Waals surface area (Å²) in [5.74, 6) is -1.85. The van der Waals surface area contributed by atoms with Crippen LogP contribution in [0.15, 0.2) is 0 Å². The number of likely N-dealkylation sites (tertiary alicyclic amines) is 1. The maximum Gasteiger partial charge on any atom is 0.371 e. The molecule has 0 amide bonds. The first kappa shape index (κ1) is 26.4. The fourth-order valence-corrected chi connectivity index (χ4v) is 5.46. The Balaban J connectivity index is 1.91. The lowest BCUT2D eigenvalue weighted by atomic mass is 9.87. The second-order valence-corrected chi connectivity index (χ2v) is 10.8. The molecule has 0 bridgehead atoms. The highest BCUT2D eigenvalue weighted by molar-refractivity contribution is 5.79. The van der Waals surface area contributed by atoms with Crippen molar-refractivity contribution in [3.63, 3.8) is 0 Å². The van der Waals surface area contributed by atoms with Crippen molar-refractivity contribution < 1.29 is 28.5 Å². The first-order chi connectivity index (χ1) is 15.6. The molecule has 2 aliphatic heterocycles. The van der Waals surface area contributed by atoms with E-state index >= 15 is 0 Å². The molecular formula is C25H44N2O6. The van der Waals surface area contributed by atoms with Crippen molar-refractivity contribution in [3.8, 4) is 0 Å². The largest absolute Gasteiger partial charge is 0.466 e. The quantitative estimate of drug-likeness (QED) is 0.527. The standard InChI is InChI=1S/C25H44N2O6/c1-7-31-22(28)20-10-12-21(13-11-20)32-25(26-14-8-9-15-26,23(29)33-24(4,5)6)27-18(2)16-30-17-19(27)3/h18-21H,7-17H2,1-6H3/t18-,19+,20-,21-,25?. The number of nitrogens with zero attached hydrogens (tertiary/aromatic N) is 2. The van der Waals surface area contributed by atoms with E-state index < -0.39 is 11.4 Å². The summed E-state index contributed by atoms with van der Waals surface area (Å²) < 4.78 is 24.0. The highest BCUT2D eigenvalue weighted by atomic mass is 16.6. The Kier molecular flexibility index (Phi) is 8.81. The topological polar surface area (TPSA) is 77.5 Å². The van der Waals surface area contributed by atoms with E-state index in [0.717, 1.165) is 38.8 Å². The Morgan fingerprint density at radius 2 is 1.55 bits per heavy atom. The van der Waals surface area contributed by atoms with Gasteiger partial charge in [-0.2, -0.15) is 0 Å². The Morgan fingerprint density at radius 3 is 2.06 bits per heavy atom. The van der Waals surface area contributed by atoms with Gasteiger partial charge in [0.15, 0.2) is 0 Å². The molecule has 0 aromatic heterocycles. The first-order valence-electron chi connectivity index (χ1n) is 12.8. The van der Waals surface area contributed by atoms with Crippen molar-refractivity contribution in [2.75, 3.05) is 32.9 Å². The third-order valence-electron chi connectivity index (χ3n) is 6.84. The lowest BCUT2D eigenvalue weighted by Gasteiger charge is -2.54. The van der Waals surface area contributed by atoms with Gasteiger partial charge in [0.25, 0.3) is 5.85 Å². The predicted octanol–water partition coefficient (Wildman–Crippen LogP) is 3.33. The molecule has 2 saturated heterocycles. The second kappa shape index (κ2) is 11.0. The van der Waals surface area contributed by atoms with Crippen molar-refractivity contribution in [2.45, 2.75) is 110 Å². The SMILES string of the molecule is CCOC(=O)[C@H]1CC[C@H](OC(C(=O)OC(C)(C)C)(N2CCCC2)N2[C@H](C)COC[C@@H]2C)CC1. The van der Waals surface area contributed by atoms with Crippen molar-refractivity contribution in [3.05, 3.63) is 0 Å². The number of carbonyl (C=O) groups excluding carboxylic acids is 2. The minimum absolute atomic E-state index is 0.00209. The van der Waals surface area contributed by atoms with Crippen LogP contribution in [0, 0.1) is 5.92 Å². The van der Waals surface area contributed by atoms with Crippen molar-refractivity contribution in [1.29, 1.82) is 0 Å². The minimum Gasteiger partial charge on any atom is -0.466 e. The zero-order valence-corrected chi connectivity index (χ0v) is 21.4. The fraction of sp³-hybridized carbons (Fsp3) is 0.920. The Bertz CT molecular complexity index is 656. The van der Waals surface area contributed by atoms with Crippen LogP contribution in [0.2, 0.25) is 0 Å². The number of hydrogen-bond acceptors (Lipinski definition) is 8. The van der Waals surface area contributed by atoms with Gasteiger partial charge in [0, 0.05) is 25.2 Å². The molecule has 3 rings (SSSR count). The van der Waals surface area contributed by atoms with Gasteiger partial charge in [-0.25, -0.2) is 9.69 Å². The van der Waals surface area contributed by atoms with Gasteiger partial charge >= 0.3 is 11.9 Å². The summed E-state index contributed by atoms with van der Waals surface area (Å²) in [6.45, 7) is 14.8. The highest BCUT2D eigenvalue weighted by Crippen LogP contribution is 2.39. The number of rotatable bonds is 7. The molecule has 1 unspecified atom stereocenters. The van der Waals surface area contributed by atoms with Gasteiger partial charge in [0.2, 0.25) is 0 Å². The first-order valence-corrected chi connectivity index (χ1v) is 12.8. The number of carbonyl (C=O) groups is 2. The molecule has 1 aliphatic carbocycles. The molecular weight excluding hydrogens is 424 g/mol. The molecule has 0 aromatic carbocycles. The molecule has 8 heteroatoms. The van der Waals surface area contributed by atoms with Crippen LogP contribution in [0.1, 0.15) is 80.1 Å². The summed E-state index contributed by atoms with van der Waals surface area (Å²) in [6, 6.07) is -0.00419. The van der Waals surface area contributed by atoms with E-state index in [-0.39, 0.29) is 36.0 Å². The van der Waals surface area contributed by atoms with Crippen molar-refractivity contribution in [2.24, 2.45) is 5.92 Å². The van der Waals surface area contributed by atoms with E-state index in [1.165, 1.54) is 0 Å². The lowest BCUT2D eigenvalue weighted by molar-refractivity contribution is -0.302. The van der Waals surface area contributed by atoms with Crippen LogP contribution in [-0.4, -0.2) is 84.3 Å². The van der Waals surface area contributed by atoms with E-state index in [2.05, 4.69) is 23.6 Å². The number of morpholine rings is 1. The molecule has 0 N–H and O–H groups in total. The van der Waals surface area contributed by atoms with E-state index in [1.807, 2.05) is 27.7 Å².